The summed E-state index contributed by atoms with van der Waals surface area (Å²) < 4.78 is 5.74. The van der Waals surface area contributed by atoms with E-state index in [4.69, 9.17) is 4.74 Å². The summed E-state index contributed by atoms with van der Waals surface area (Å²) in [5, 5.41) is 2.87. The second kappa shape index (κ2) is 4.15. The molecule has 3 rings (SSSR count). The molecule has 0 heterocycles. The first-order valence-electron chi connectivity index (χ1n) is 6.39. The smallest absolute Gasteiger partial charge is 0.0726 e. The molecule has 0 N–H and O–H groups in total. The highest BCUT2D eigenvalue weighted by atomic mass is 16.5. The molecule has 17 heavy (non-hydrogen) atoms. The van der Waals surface area contributed by atoms with Crippen molar-refractivity contribution in [1.29, 1.82) is 0 Å². The van der Waals surface area contributed by atoms with E-state index < -0.39 is 0 Å². The monoisotopic (exact) mass is 226 g/mol. The summed E-state index contributed by atoms with van der Waals surface area (Å²) >= 11 is 0. The normalized spacial score (nSPS) is 13.8. The van der Waals surface area contributed by atoms with Crippen molar-refractivity contribution in [2.75, 3.05) is 0 Å². The Morgan fingerprint density at radius 2 is 1.82 bits per heavy atom. The highest BCUT2D eigenvalue weighted by Gasteiger charge is 2.15. The van der Waals surface area contributed by atoms with E-state index in [2.05, 4.69) is 44.2 Å². The quantitative estimate of drug-likeness (QED) is 0.772. The molecule has 88 valence electrons. The Morgan fingerprint density at radius 1 is 1.06 bits per heavy atom. The Bertz CT molecular complexity index is 544. The van der Waals surface area contributed by atoms with Gasteiger partial charge in [0.15, 0.2) is 0 Å². The molecule has 1 aliphatic rings. The molecule has 1 nitrogen and oxygen atoms in total. The van der Waals surface area contributed by atoms with Gasteiger partial charge in [-0.15, -0.1) is 0 Å². The van der Waals surface area contributed by atoms with E-state index in [9.17, 15) is 0 Å². The molecule has 2 aromatic rings. The van der Waals surface area contributed by atoms with E-state index in [-0.39, 0.29) is 6.10 Å². The zero-order chi connectivity index (χ0) is 11.8. The molecular weight excluding hydrogens is 208 g/mol. The lowest BCUT2D eigenvalue weighted by Crippen LogP contribution is -2.02. The fourth-order valence-electron chi connectivity index (χ4n) is 2.69. The van der Waals surface area contributed by atoms with E-state index in [0.29, 0.717) is 0 Å². The number of hydrogen-bond donors (Lipinski definition) is 0. The Hall–Kier alpha value is -1.34. The predicted molar refractivity (Wildman–Crippen MR) is 71.3 cm³/mol. The summed E-state index contributed by atoms with van der Waals surface area (Å²) in [6, 6.07) is 11.2. The molecule has 1 heteroatoms. The summed E-state index contributed by atoms with van der Waals surface area (Å²) in [4.78, 5) is 0. The van der Waals surface area contributed by atoms with Crippen molar-refractivity contribution in [2.45, 2.75) is 39.4 Å². The summed E-state index contributed by atoms with van der Waals surface area (Å²) in [5.41, 5.74) is 4.33. The van der Waals surface area contributed by atoms with Crippen LogP contribution in [0, 0.1) is 0 Å². The highest BCUT2D eigenvalue weighted by molar-refractivity contribution is 5.93. The molecule has 1 aliphatic carbocycles. The lowest BCUT2D eigenvalue weighted by Gasteiger charge is -2.11. The first-order valence-corrected chi connectivity index (χ1v) is 6.39. The zero-order valence-corrected chi connectivity index (χ0v) is 10.5. The van der Waals surface area contributed by atoms with Crippen molar-refractivity contribution in [3.05, 3.63) is 47.0 Å². The van der Waals surface area contributed by atoms with Gasteiger partial charge in [0.25, 0.3) is 0 Å². The van der Waals surface area contributed by atoms with Gasteiger partial charge in [0.05, 0.1) is 12.7 Å². The van der Waals surface area contributed by atoms with Gasteiger partial charge in [0, 0.05) is 0 Å². The van der Waals surface area contributed by atoms with Crippen LogP contribution in [0.5, 0.6) is 0 Å². The van der Waals surface area contributed by atoms with Gasteiger partial charge in [-0.05, 0) is 54.2 Å². The molecule has 0 unspecified atom stereocenters. The van der Waals surface area contributed by atoms with E-state index in [1.54, 1.807) is 0 Å². The molecule has 0 saturated carbocycles. The molecule has 0 atom stereocenters. The minimum Gasteiger partial charge on any atom is -0.374 e. The molecular formula is C16H18O. The lowest BCUT2D eigenvalue weighted by atomic mass is 10.0. The summed E-state index contributed by atoms with van der Waals surface area (Å²) in [6.45, 7) is 4.89. The van der Waals surface area contributed by atoms with Gasteiger partial charge in [-0.2, -0.15) is 0 Å². The number of hydrogen-bond acceptors (Lipinski definition) is 1. The molecule has 0 radical (unpaired) electrons. The lowest BCUT2D eigenvalue weighted by molar-refractivity contribution is 0.0664. The van der Waals surface area contributed by atoms with Crippen LogP contribution >= 0.6 is 0 Å². The zero-order valence-electron chi connectivity index (χ0n) is 10.5. The third kappa shape index (κ3) is 1.85. The van der Waals surface area contributed by atoms with Gasteiger partial charge in [0.2, 0.25) is 0 Å². The maximum Gasteiger partial charge on any atom is 0.0726 e. The predicted octanol–water partition coefficient (Wildman–Crippen LogP) is 3.86. The molecule has 0 amide bonds. The van der Waals surface area contributed by atoms with Crippen molar-refractivity contribution in [3.63, 3.8) is 0 Å². The average Bonchev–Trinajstić information content (AvgIpc) is 2.74. The maximum atomic E-state index is 5.74. The molecule has 0 spiro atoms. The topological polar surface area (TPSA) is 9.23 Å². The van der Waals surface area contributed by atoms with Crippen LogP contribution in [0.1, 0.15) is 30.5 Å². The van der Waals surface area contributed by atoms with E-state index in [1.807, 2.05) is 0 Å². The van der Waals surface area contributed by atoms with Gasteiger partial charge in [-0.3, -0.25) is 0 Å². The van der Waals surface area contributed by atoms with Gasteiger partial charge in [-0.25, -0.2) is 0 Å². The SMILES string of the molecule is CC(C)OCc1ccc2c3c(cccc13)CC2. The second-order valence-corrected chi connectivity index (χ2v) is 5.08. The van der Waals surface area contributed by atoms with Crippen molar-refractivity contribution < 1.29 is 4.74 Å². The Kier molecular flexibility index (Phi) is 2.64. The van der Waals surface area contributed by atoms with Crippen LogP contribution in [0.25, 0.3) is 10.8 Å². The second-order valence-electron chi connectivity index (χ2n) is 5.08. The van der Waals surface area contributed by atoms with Gasteiger partial charge in [0.1, 0.15) is 0 Å². The first-order chi connectivity index (χ1) is 8.25. The third-order valence-corrected chi connectivity index (χ3v) is 3.54. The number of ether oxygens (including phenoxy) is 1. The summed E-state index contributed by atoms with van der Waals surface area (Å²) in [7, 11) is 0. The fourth-order valence-corrected chi connectivity index (χ4v) is 2.69. The highest BCUT2D eigenvalue weighted by Crippen LogP contribution is 2.33. The Labute approximate surface area is 102 Å². The number of aryl methyl sites for hydroxylation is 2. The van der Waals surface area contributed by atoms with E-state index in [1.165, 1.54) is 40.3 Å². The van der Waals surface area contributed by atoms with Gasteiger partial charge < -0.3 is 4.74 Å². The Morgan fingerprint density at radius 3 is 2.59 bits per heavy atom. The third-order valence-electron chi connectivity index (χ3n) is 3.54. The molecule has 0 saturated heterocycles. The molecule has 2 aromatic carbocycles. The van der Waals surface area contributed by atoms with Gasteiger partial charge >= 0.3 is 0 Å². The van der Waals surface area contributed by atoms with Crippen LogP contribution < -0.4 is 0 Å². The molecule has 0 bridgehead atoms. The number of rotatable bonds is 3. The first kappa shape index (κ1) is 10.8. The van der Waals surface area contributed by atoms with Crippen LogP contribution in [-0.4, -0.2) is 6.10 Å². The van der Waals surface area contributed by atoms with Crippen LogP contribution in [0.2, 0.25) is 0 Å². The van der Waals surface area contributed by atoms with E-state index in [0.717, 1.165) is 6.61 Å². The van der Waals surface area contributed by atoms with Crippen LogP contribution in [0.4, 0.5) is 0 Å². The van der Waals surface area contributed by atoms with Crippen LogP contribution in [0.3, 0.4) is 0 Å². The largest absolute Gasteiger partial charge is 0.374 e. The average molecular weight is 226 g/mol. The van der Waals surface area contributed by atoms with Gasteiger partial charge in [-0.1, -0.05) is 30.3 Å². The van der Waals surface area contributed by atoms with Crippen molar-refractivity contribution in [1.82, 2.24) is 0 Å². The Balaban J connectivity index is 2.09. The van der Waals surface area contributed by atoms with Crippen molar-refractivity contribution in [3.8, 4) is 0 Å². The molecule has 0 fully saturated rings. The van der Waals surface area contributed by atoms with Crippen molar-refractivity contribution >= 4 is 10.8 Å². The van der Waals surface area contributed by atoms with Crippen LogP contribution in [-0.2, 0) is 24.2 Å². The molecule has 0 aromatic heterocycles. The maximum absolute atomic E-state index is 5.74. The fraction of sp³-hybridized carbons (Fsp3) is 0.375. The summed E-state index contributed by atoms with van der Waals surface area (Å²) in [6.07, 6.45) is 2.68. The van der Waals surface area contributed by atoms with Crippen LogP contribution in [0.15, 0.2) is 30.3 Å². The number of benzene rings is 2. The standard InChI is InChI=1S/C16H18O/c1-11(2)17-10-14-9-8-13-7-6-12-4-3-5-15(14)16(12)13/h3-5,8-9,11H,6-7,10H2,1-2H3. The minimum atomic E-state index is 0.290. The van der Waals surface area contributed by atoms with E-state index >= 15 is 0 Å². The molecule has 0 aliphatic heterocycles. The van der Waals surface area contributed by atoms with Crippen molar-refractivity contribution in [2.24, 2.45) is 0 Å². The minimum absolute atomic E-state index is 0.290. The summed E-state index contributed by atoms with van der Waals surface area (Å²) in [5.74, 6) is 0.